The van der Waals surface area contributed by atoms with E-state index in [4.69, 9.17) is 9.72 Å². The molecule has 0 radical (unpaired) electrons. The molecule has 0 aliphatic heterocycles. The lowest BCUT2D eigenvalue weighted by molar-refractivity contribution is 0.187. The molecule has 1 unspecified atom stereocenters. The molecule has 0 amide bonds. The monoisotopic (exact) mass is 330 g/mol. The first-order valence-corrected chi connectivity index (χ1v) is 7.91. The second-order valence-electron chi connectivity index (χ2n) is 5.53. The number of benzene rings is 2. The molecule has 0 aliphatic rings. The van der Waals surface area contributed by atoms with Gasteiger partial charge in [0.2, 0.25) is 0 Å². The van der Waals surface area contributed by atoms with Crippen molar-refractivity contribution in [3.05, 3.63) is 59.9 Å². The Hall–Kier alpha value is -2.00. The number of ether oxygens (including phenoxy) is 1. The van der Waals surface area contributed by atoms with Crippen LogP contribution in [0.3, 0.4) is 0 Å². The molecule has 1 atom stereocenters. The third-order valence-electron chi connectivity index (χ3n) is 3.93. The summed E-state index contributed by atoms with van der Waals surface area (Å²) in [5.74, 6) is 1.91. The Kier molecular flexibility index (Phi) is 5.67. The molecule has 0 saturated heterocycles. The molecule has 3 rings (SSSR count). The molecule has 0 saturated carbocycles. The van der Waals surface area contributed by atoms with E-state index in [9.17, 15) is 0 Å². The minimum Gasteiger partial charge on any atom is -0.483 e. The third-order valence-corrected chi connectivity index (χ3v) is 3.93. The topological polar surface area (TPSA) is 27.1 Å². The van der Waals surface area contributed by atoms with Gasteiger partial charge >= 0.3 is 0 Å². The second-order valence-corrected chi connectivity index (χ2v) is 5.53. The fourth-order valence-electron chi connectivity index (χ4n) is 2.84. The Morgan fingerprint density at radius 3 is 2.57 bits per heavy atom. The standard InChI is InChI=1S/C19H22N2O.ClH/c1-4-18(22-15-10-8-9-14(3)13-15)19-20-16-11-6-7-12-17(16)21(19)5-2;/h6-13,18H,4-5H2,1-3H3;1H. The second kappa shape index (κ2) is 7.51. The summed E-state index contributed by atoms with van der Waals surface area (Å²) in [6.07, 6.45) is 0.853. The Morgan fingerprint density at radius 2 is 1.87 bits per heavy atom. The number of para-hydroxylation sites is 2. The number of rotatable bonds is 5. The highest BCUT2D eigenvalue weighted by molar-refractivity contribution is 5.85. The van der Waals surface area contributed by atoms with Gasteiger partial charge in [0.05, 0.1) is 11.0 Å². The van der Waals surface area contributed by atoms with Gasteiger partial charge in [0.1, 0.15) is 5.75 Å². The molecule has 122 valence electrons. The molecule has 23 heavy (non-hydrogen) atoms. The van der Waals surface area contributed by atoms with Crippen LogP contribution in [0.15, 0.2) is 48.5 Å². The molecular weight excluding hydrogens is 308 g/mol. The van der Waals surface area contributed by atoms with E-state index in [1.807, 2.05) is 18.2 Å². The van der Waals surface area contributed by atoms with Gasteiger partial charge in [-0.05, 0) is 50.1 Å². The van der Waals surface area contributed by atoms with Crippen LogP contribution in [0.4, 0.5) is 0 Å². The van der Waals surface area contributed by atoms with E-state index in [2.05, 4.69) is 55.7 Å². The molecule has 0 bridgehead atoms. The van der Waals surface area contributed by atoms with Gasteiger partial charge in [0.15, 0.2) is 11.9 Å². The van der Waals surface area contributed by atoms with Gasteiger partial charge in [-0.1, -0.05) is 31.2 Å². The molecule has 2 aromatic carbocycles. The SMILES string of the molecule is CCC(Oc1cccc(C)c1)c1nc2ccccc2n1CC.Cl. The zero-order chi connectivity index (χ0) is 15.5. The fourth-order valence-corrected chi connectivity index (χ4v) is 2.84. The van der Waals surface area contributed by atoms with Crippen molar-refractivity contribution in [1.82, 2.24) is 9.55 Å². The Morgan fingerprint density at radius 1 is 1.09 bits per heavy atom. The smallest absolute Gasteiger partial charge is 0.156 e. The van der Waals surface area contributed by atoms with Crippen molar-refractivity contribution in [2.24, 2.45) is 0 Å². The van der Waals surface area contributed by atoms with Crippen molar-refractivity contribution in [3.63, 3.8) is 0 Å². The first kappa shape index (κ1) is 17.4. The van der Waals surface area contributed by atoms with Crippen LogP contribution in [-0.4, -0.2) is 9.55 Å². The molecular formula is C19H23ClN2O. The van der Waals surface area contributed by atoms with Crippen LogP contribution in [0.25, 0.3) is 11.0 Å². The summed E-state index contributed by atoms with van der Waals surface area (Å²) in [6.45, 7) is 7.26. The lowest BCUT2D eigenvalue weighted by atomic mass is 10.2. The van der Waals surface area contributed by atoms with Gasteiger partial charge in [-0.3, -0.25) is 0 Å². The summed E-state index contributed by atoms with van der Waals surface area (Å²) in [6, 6.07) is 16.5. The average molecular weight is 331 g/mol. The van der Waals surface area contributed by atoms with Crippen molar-refractivity contribution < 1.29 is 4.74 Å². The third kappa shape index (κ3) is 3.50. The van der Waals surface area contributed by atoms with Crippen molar-refractivity contribution in [2.75, 3.05) is 0 Å². The Bertz CT molecular complexity index is 782. The van der Waals surface area contributed by atoms with Gasteiger partial charge in [-0.25, -0.2) is 4.98 Å². The van der Waals surface area contributed by atoms with Crippen LogP contribution in [0.2, 0.25) is 0 Å². The number of hydrogen-bond donors (Lipinski definition) is 0. The Labute approximate surface area is 143 Å². The highest BCUT2D eigenvalue weighted by atomic mass is 35.5. The van der Waals surface area contributed by atoms with E-state index >= 15 is 0 Å². The molecule has 3 aromatic rings. The lowest BCUT2D eigenvalue weighted by Gasteiger charge is -2.18. The van der Waals surface area contributed by atoms with Crippen LogP contribution in [-0.2, 0) is 6.54 Å². The number of imidazole rings is 1. The summed E-state index contributed by atoms with van der Waals surface area (Å²) in [4.78, 5) is 4.81. The van der Waals surface area contributed by atoms with Crippen molar-refractivity contribution >= 4 is 23.4 Å². The minimum absolute atomic E-state index is 0. The summed E-state index contributed by atoms with van der Waals surface area (Å²) in [5, 5.41) is 0. The highest BCUT2D eigenvalue weighted by Gasteiger charge is 2.19. The zero-order valence-electron chi connectivity index (χ0n) is 13.8. The van der Waals surface area contributed by atoms with E-state index in [1.165, 1.54) is 11.1 Å². The van der Waals surface area contributed by atoms with E-state index in [0.717, 1.165) is 30.1 Å². The largest absolute Gasteiger partial charge is 0.483 e. The van der Waals surface area contributed by atoms with Gasteiger partial charge < -0.3 is 9.30 Å². The van der Waals surface area contributed by atoms with Crippen LogP contribution in [0.1, 0.15) is 37.8 Å². The minimum atomic E-state index is -0.0332. The summed E-state index contributed by atoms with van der Waals surface area (Å²) in [5.41, 5.74) is 3.41. The number of fused-ring (bicyclic) bond motifs is 1. The van der Waals surface area contributed by atoms with E-state index < -0.39 is 0 Å². The molecule has 3 nitrogen and oxygen atoms in total. The lowest BCUT2D eigenvalue weighted by Crippen LogP contribution is -2.13. The van der Waals surface area contributed by atoms with E-state index in [-0.39, 0.29) is 18.5 Å². The van der Waals surface area contributed by atoms with Gasteiger partial charge in [0, 0.05) is 6.54 Å². The van der Waals surface area contributed by atoms with Crippen molar-refractivity contribution in [2.45, 2.75) is 39.8 Å². The predicted molar refractivity (Wildman–Crippen MR) is 97.5 cm³/mol. The van der Waals surface area contributed by atoms with Crippen molar-refractivity contribution in [3.8, 4) is 5.75 Å². The first-order valence-electron chi connectivity index (χ1n) is 7.91. The van der Waals surface area contributed by atoms with Gasteiger partial charge in [-0.15, -0.1) is 12.4 Å². The molecule has 0 fully saturated rings. The maximum absolute atomic E-state index is 6.22. The fraction of sp³-hybridized carbons (Fsp3) is 0.316. The van der Waals surface area contributed by atoms with Crippen LogP contribution < -0.4 is 4.74 Å². The molecule has 1 aromatic heterocycles. The average Bonchev–Trinajstić information content (AvgIpc) is 2.91. The number of hydrogen-bond acceptors (Lipinski definition) is 2. The molecule has 4 heteroatoms. The maximum atomic E-state index is 6.22. The molecule has 0 spiro atoms. The molecule has 0 N–H and O–H groups in total. The van der Waals surface area contributed by atoms with E-state index in [0.29, 0.717) is 0 Å². The van der Waals surface area contributed by atoms with E-state index in [1.54, 1.807) is 0 Å². The first-order chi connectivity index (χ1) is 10.7. The predicted octanol–water partition coefficient (Wildman–Crippen LogP) is 5.32. The highest BCUT2D eigenvalue weighted by Crippen LogP contribution is 2.27. The number of nitrogens with zero attached hydrogens (tertiary/aromatic N) is 2. The summed E-state index contributed by atoms with van der Waals surface area (Å²) < 4.78 is 8.47. The number of halogens is 1. The van der Waals surface area contributed by atoms with Crippen molar-refractivity contribution in [1.29, 1.82) is 0 Å². The van der Waals surface area contributed by atoms with Crippen LogP contribution in [0, 0.1) is 6.92 Å². The quantitative estimate of drug-likeness (QED) is 0.633. The Balaban J connectivity index is 0.00000192. The summed E-state index contributed by atoms with van der Waals surface area (Å²) in [7, 11) is 0. The zero-order valence-corrected chi connectivity index (χ0v) is 14.6. The van der Waals surface area contributed by atoms with Gasteiger partial charge in [-0.2, -0.15) is 0 Å². The number of aryl methyl sites for hydroxylation is 2. The van der Waals surface area contributed by atoms with Crippen LogP contribution >= 0.6 is 12.4 Å². The van der Waals surface area contributed by atoms with Gasteiger partial charge in [0.25, 0.3) is 0 Å². The van der Waals surface area contributed by atoms with Crippen LogP contribution in [0.5, 0.6) is 5.75 Å². The molecule has 0 aliphatic carbocycles. The maximum Gasteiger partial charge on any atom is 0.156 e. The number of aromatic nitrogens is 2. The molecule has 1 heterocycles. The summed E-state index contributed by atoms with van der Waals surface area (Å²) >= 11 is 0. The normalized spacial score (nSPS) is 12.0.